The van der Waals surface area contributed by atoms with Crippen LogP contribution >= 0.6 is 0 Å². The summed E-state index contributed by atoms with van der Waals surface area (Å²) in [5.41, 5.74) is -0.140. The molecular weight excluding hydrogens is 334 g/mol. The maximum atomic E-state index is 12.2. The van der Waals surface area contributed by atoms with Gasteiger partial charge in [-0.3, -0.25) is 4.79 Å². The lowest BCUT2D eigenvalue weighted by Gasteiger charge is -2.06. The number of pyridine rings is 1. The number of hydrogen-bond donors (Lipinski definition) is 0. The Hall–Kier alpha value is -3.28. The molecule has 0 aliphatic heterocycles. The second-order valence-electron chi connectivity index (χ2n) is 5.64. The number of aromatic nitrogens is 1. The Morgan fingerprint density at radius 2 is 1.81 bits per heavy atom. The highest BCUT2D eigenvalue weighted by Gasteiger charge is 2.14. The third kappa shape index (κ3) is 4.42. The summed E-state index contributed by atoms with van der Waals surface area (Å²) in [6.45, 7) is 2.91. The van der Waals surface area contributed by atoms with Gasteiger partial charge in [0, 0.05) is 12.3 Å². The van der Waals surface area contributed by atoms with E-state index in [-0.39, 0.29) is 17.9 Å². The topological polar surface area (TPSA) is 70.7 Å². The molecule has 0 N–H and O–H groups in total. The van der Waals surface area contributed by atoms with Crippen molar-refractivity contribution in [3.63, 3.8) is 0 Å². The van der Waals surface area contributed by atoms with Gasteiger partial charge in [0.2, 0.25) is 5.76 Å². The van der Waals surface area contributed by atoms with Crippen LogP contribution in [0.25, 0.3) is 0 Å². The van der Waals surface area contributed by atoms with Crippen molar-refractivity contribution in [3.05, 3.63) is 82.7 Å². The molecule has 6 nitrogen and oxygen atoms in total. The number of furan rings is 1. The van der Waals surface area contributed by atoms with Gasteiger partial charge in [0.15, 0.2) is 0 Å². The van der Waals surface area contributed by atoms with Crippen LogP contribution in [0.3, 0.4) is 0 Å². The molecule has 1 aromatic carbocycles. The summed E-state index contributed by atoms with van der Waals surface area (Å²) in [4.78, 5) is 23.9. The Balaban J connectivity index is 1.63. The van der Waals surface area contributed by atoms with E-state index in [0.717, 1.165) is 12.2 Å². The highest BCUT2D eigenvalue weighted by molar-refractivity contribution is 5.88. The average Bonchev–Trinajstić information content (AvgIpc) is 3.12. The van der Waals surface area contributed by atoms with Crippen molar-refractivity contribution in [1.29, 1.82) is 0 Å². The van der Waals surface area contributed by atoms with Gasteiger partial charge in [-0.25, -0.2) is 4.79 Å². The lowest BCUT2D eigenvalue weighted by atomic mass is 10.3. The fourth-order valence-electron chi connectivity index (χ4n) is 2.31. The Morgan fingerprint density at radius 1 is 1.04 bits per heavy atom. The number of hydrogen-bond acceptors (Lipinski definition) is 5. The Kier molecular flexibility index (Phi) is 5.53. The van der Waals surface area contributed by atoms with E-state index in [4.69, 9.17) is 13.9 Å². The lowest BCUT2D eigenvalue weighted by Crippen LogP contribution is -2.17. The summed E-state index contributed by atoms with van der Waals surface area (Å²) in [6.07, 6.45) is 2.58. The van der Waals surface area contributed by atoms with Crippen molar-refractivity contribution in [2.45, 2.75) is 19.9 Å². The molecule has 0 aliphatic rings. The van der Waals surface area contributed by atoms with Gasteiger partial charge in [-0.15, -0.1) is 0 Å². The fourth-order valence-corrected chi connectivity index (χ4v) is 2.31. The van der Waals surface area contributed by atoms with E-state index >= 15 is 0 Å². The first-order valence-corrected chi connectivity index (χ1v) is 8.35. The van der Waals surface area contributed by atoms with Gasteiger partial charge in [-0.05, 0) is 48.9 Å². The molecule has 26 heavy (non-hydrogen) atoms. The van der Waals surface area contributed by atoms with Gasteiger partial charge in [-0.1, -0.05) is 13.0 Å². The van der Waals surface area contributed by atoms with Gasteiger partial charge in [0.05, 0.1) is 13.2 Å². The summed E-state index contributed by atoms with van der Waals surface area (Å²) >= 11 is 0. The van der Waals surface area contributed by atoms with Crippen molar-refractivity contribution < 1.29 is 18.7 Å². The van der Waals surface area contributed by atoms with Gasteiger partial charge >= 0.3 is 5.97 Å². The van der Waals surface area contributed by atoms with Crippen LogP contribution < -0.4 is 15.0 Å². The largest absolute Gasteiger partial charge is 0.494 e. The summed E-state index contributed by atoms with van der Waals surface area (Å²) in [5.74, 6) is 1.10. The van der Waals surface area contributed by atoms with Gasteiger partial charge in [0.25, 0.3) is 5.56 Å². The van der Waals surface area contributed by atoms with E-state index in [2.05, 4.69) is 0 Å². The molecule has 0 atom stereocenters. The molecule has 3 rings (SSSR count). The number of esters is 1. The van der Waals surface area contributed by atoms with Crippen LogP contribution in [-0.4, -0.2) is 17.1 Å². The summed E-state index contributed by atoms with van der Waals surface area (Å²) < 4.78 is 17.8. The first-order chi connectivity index (χ1) is 12.7. The van der Waals surface area contributed by atoms with E-state index in [9.17, 15) is 9.59 Å². The van der Waals surface area contributed by atoms with E-state index in [1.165, 1.54) is 16.7 Å². The first kappa shape index (κ1) is 17.5. The molecule has 2 heterocycles. The molecule has 0 unspecified atom stereocenters. The third-order valence-electron chi connectivity index (χ3n) is 3.60. The molecule has 0 fully saturated rings. The van der Waals surface area contributed by atoms with Crippen molar-refractivity contribution in [2.24, 2.45) is 0 Å². The second kappa shape index (κ2) is 8.20. The van der Waals surface area contributed by atoms with Crippen molar-refractivity contribution >= 4 is 5.97 Å². The van der Waals surface area contributed by atoms with E-state index in [0.29, 0.717) is 18.1 Å². The van der Waals surface area contributed by atoms with Crippen LogP contribution in [0.15, 0.2) is 70.0 Å². The zero-order valence-electron chi connectivity index (χ0n) is 14.4. The lowest BCUT2D eigenvalue weighted by molar-refractivity contribution is 0.0699. The normalized spacial score (nSPS) is 10.5. The minimum absolute atomic E-state index is 0.0790. The maximum absolute atomic E-state index is 12.2. The van der Waals surface area contributed by atoms with E-state index in [1.807, 2.05) is 6.92 Å². The molecule has 6 heteroatoms. The van der Waals surface area contributed by atoms with E-state index < -0.39 is 5.97 Å². The minimum atomic E-state index is -0.598. The van der Waals surface area contributed by atoms with Crippen LogP contribution in [0, 0.1) is 0 Å². The standard InChI is InChI=1S/C20H19NO5/c1-2-13-24-15-6-8-16(9-7-15)26-20(23)18-11-10-17(25-18)14-21-12-4-3-5-19(21)22/h3-12H,2,13-14H2,1H3. The quantitative estimate of drug-likeness (QED) is 0.480. The fraction of sp³-hybridized carbons (Fsp3) is 0.200. The molecule has 0 spiro atoms. The highest BCUT2D eigenvalue weighted by atomic mass is 16.5. The van der Waals surface area contributed by atoms with Crippen LogP contribution in [0.1, 0.15) is 29.7 Å². The molecule has 0 aliphatic carbocycles. The average molecular weight is 353 g/mol. The number of carbonyl (C=O) groups is 1. The molecular formula is C20H19NO5. The Morgan fingerprint density at radius 3 is 2.54 bits per heavy atom. The van der Waals surface area contributed by atoms with Gasteiger partial charge < -0.3 is 18.5 Å². The van der Waals surface area contributed by atoms with Gasteiger partial charge in [-0.2, -0.15) is 0 Å². The first-order valence-electron chi connectivity index (χ1n) is 8.35. The zero-order valence-corrected chi connectivity index (χ0v) is 14.4. The van der Waals surface area contributed by atoms with Crippen molar-refractivity contribution in [2.75, 3.05) is 6.61 Å². The summed E-state index contributed by atoms with van der Waals surface area (Å²) in [5, 5.41) is 0. The number of carbonyl (C=O) groups excluding carboxylic acids is 1. The van der Waals surface area contributed by atoms with E-state index in [1.54, 1.807) is 48.7 Å². The third-order valence-corrected chi connectivity index (χ3v) is 3.60. The Bertz CT molecular complexity index is 924. The SMILES string of the molecule is CCCOc1ccc(OC(=O)c2ccc(Cn3ccccc3=O)o2)cc1. The number of nitrogens with zero attached hydrogens (tertiary/aromatic N) is 1. The smallest absolute Gasteiger partial charge is 0.379 e. The molecule has 0 radical (unpaired) electrons. The molecule has 0 saturated heterocycles. The van der Waals surface area contributed by atoms with Crippen LogP contribution in [0.5, 0.6) is 11.5 Å². The Labute approximate surface area is 150 Å². The monoisotopic (exact) mass is 353 g/mol. The molecule has 0 saturated carbocycles. The molecule has 0 amide bonds. The van der Waals surface area contributed by atoms with Crippen molar-refractivity contribution in [1.82, 2.24) is 4.57 Å². The molecule has 2 aromatic heterocycles. The number of ether oxygens (including phenoxy) is 2. The molecule has 134 valence electrons. The van der Waals surface area contributed by atoms with Crippen LogP contribution in [0.4, 0.5) is 0 Å². The highest BCUT2D eigenvalue weighted by Crippen LogP contribution is 2.19. The van der Waals surface area contributed by atoms with Crippen LogP contribution in [-0.2, 0) is 6.54 Å². The summed E-state index contributed by atoms with van der Waals surface area (Å²) in [6, 6.07) is 14.9. The predicted octanol–water partition coefficient (Wildman–Crippen LogP) is 3.50. The molecule has 3 aromatic rings. The predicted molar refractivity (Wildman–Crippen MR) is 95.7 cm³/mol. The van der Waals surface area contributed by atoms with Crippen LogP contribution in [0.2, 0.25) is 0 Å². The second-order valence-corrected chi connectivity index (χ2v) is 5.64. The minimum Gasteiger partial charge on any atom is -0.494 e. The van der Waals surface area contributed by atoms with Gasteiger partial charge in [0.1, 0.15) is 17.3 Å². The number of benzene rings is 1. The number of rotatable bonds is 7. The summed E-state index contributed by atoms with van der Waals surface area (Å²) in [7, 11) is 0. The maximum Gasteiger partial charge on any atom is 0.379 e. The van der Waals surface area contributed by atoms with Crippen molar-refractivity contribution in [3.8, 4) is 11.5 Å². The molecule has 0 bridgehead atoms. The zero-order chi connectivity index (χ0) is 18.4.